The smallest absolute Gasteiger partial charge is 0.233 e. The van der Waals surface area contributed by atoms with Crippen molar-refractivity contribution in [2.24, 2.45) is 0 Å². The van der Waals surface area contributed by atoms with E-state index in [1.165, 1.54) is 17.3 Å². The first-order chi connectivity index (χ1) is 10.2. The van der Waals surface area contributed by atoms with Gasteiger partial charge in [0.1, 0.15) is 6.33 Å². The highest BCUT2D eigenvalue weighted by Gasteiger charge is 2.13. The highest BCUT2D eigenvalue weighted by atomic mass is 32.2. The van der Waals surface area contributed by atoms with Gasteiger partial charge in [0, 0.05) is 18.8 Å². The Morgan fingerprint density at radius 2 is 1.90 bits per heavy atom. The molecule has 0 unspecified atom stereocenters. The molecular formula is C15H20N4OS. The third kappa shape index (κ3) is 3.85. The number of thioether (sulfide) groups is 1. The summed E-state index contributed by atoms with van der Waals surface area (Å²) in [6, 6.07) is 8.14. The van der Waals surface area contributed by atoms with Crippen molar-refractivity contribution < 1.29 is 4.79 Å². The first kappa shape index (κ1) is 15.6. The van der Waals surface area contributed by atoms with E-state index in [-0.39, 0.29) is 5.91 Å². The van der Waals surface area contributed by atoms with Crippen molar-refractivity contribution in [1.29, 1.82) is 0 Å². The molecule has 0 saturated carbocycles. The summed E-state index contributed by atoms with van der Waals surface area (Å²) < 4.78 is 1.90. The summed E-state index contributed by atoms with van der Waals surface area (Å²) in [5.41, 5.74) is 2.21. The predicted molar refractivity (Wildman–Crippen MR) is 84.7 cm³/mol. The van der Waals surface area contributed by atoms with Gasteiger partial charge in [-0.05, 0) is 32.9 Å². The summed E-state index contributed by atoms with van der Waals surface area (Å²) in [5.74, 6) is 0.509. The van der Waals surface area contributed by atoms with Crippen LogP contribution in [0.3, 0.4) is 0 Å². The summed E-state index contributed by atoms with van der Waals surface area (Å²) in [4.78, 5) is 13.9. The lowest BCUT2D eigenvalue weighted by Crippen LogP contribution is -2.31. The van der Waals surface area contributed by atoms with Gasteiger partial charge in [0.25, 0.3) is 0 Å². The standard InChI is InChI=1S/C15H20N4OS/c1-4-18(5-2)14(20)10-21-15-17-16-11-19(15)13-8-6-12(3)7-9-13/h6-9,11H,4-5,10H2,1-3H3. The minimum absolute atomic E-state index is 0.128. The van der Waals surface area contributed by atoms with Crippen LogP contribution in [-0.2, 0) is 4.79 Å². The normalized spacial score (nSPS) is 10.6. The molecule has 0 N–H and O–H groups in total. The van der Waals surface area contributed by atoms with E-state index in [1.807, 2.05) is 54.5 Å². The molecule has 112 valence electrons. The molecule has 0 bridgehead atoms. The number of benzene rings is 1. The maximum atomic E-state index is 12.0. The van der Waals surface area contributed by atoms with Crippen LogP contribution in [0, 0.1) is 6.92 Å². The summed E-state index contributed by atoms with van der Waals surface area (Å²) in [6.07, 6.45) is 1.68. The van der Waals surface area contributed by atoms with Gasteiger partial charge >= 0.3 is 0 Å². The molecule has 0 radical (unpaired) electrons. The highest BCUT2D eigenvalue weighted by Crippen LogP contribution is 2.20. The van der Waals surface area contributed by atoms with Crippen molar-refractivity contribution in [3.8, 4) is 5.69 Å². The fourth-order valence-corrected chi connectivity index (χ4v) is 2.83. The molecule has 5 nitrogen and oxygen atoms in total. The molecule has 2 aromatic rings. The molecule has 1 aromatic carbocycles. The Labute approximate surface area is 129 Å². The van der Waals surface area contributed by atoms with Crippen molar-refractivity contribution in [2.75, 3.05) is 18.8 Å². The van der Waals surface area contributed by atoms with E-state index in [4.69, 9.17) is 0 Å². The Bertz CT molecular complexity index is 590. The summed E-state index contributed by atoms with van der Waals surface area (Å²) in [7, 11) is 0. The van der Waals surface area contributed by atoms with E-state index >= 15 is 0 Å². The number of amides is 1. The molecule has 0 aliphatic heterocycles. The first-order valence-electron chi connectivity index (χ1n) is 7.03. The Hall–Kier alpha value is -1.82. The van der Waals surface area contributed by atoms with Gasteiger partial charge in [-0.1, -0.05) is 29.5 Å². The zero-order valence-electron chi connectivity index (χ0n) is 12.6. The van der Waals surface area contributed by atoms with Gasteiger partial charge in [0.2, 0.25) is 5.91 Å². The van der Waals surface area contributed by atoms with Gasteiger partial charge in [-0.3, -0.25) is 9.36 Å². The third-order valence-electron chi connectivity index (χ3n) is 3.27. The van der Waals surface area contributed by atoms with E-state index in [9.17, 15) is 4.79 Å². The molecule has 1 amide bonds. The summed E-state index contributed by atoms with van der Waals surface area (Å²) >= 11 is 1.42. The maximum Gasteiger partial charge on any atom is 0.233 e. The largest absolute Gasteiger partial charge is 0.343 e. The van der Waals surface area contributed by atoms with Crippen LogP contribution in [0.4, 0.5) is 0 Å². The lowest BCUT2D eigenvalue weighted by Gasteiger charge is -2.18. The highest BCUT2D eigenvalue weighted by molar-refractivity contribution is 7.99. The quantitative estimate of drug-likeness (QED) is 0.770. The van der Waals surface area contributed by atoms with Crippen molar-refractivity contribution in [3.63, 3.8) is 0 Å². The van der Waals surface area contributed by atoms with E-state index in [2.05, 4.69) is 10.2 Å². The summed E-state index contributed by atoms with van der Waals surface area (Å²) in [6.45, 7) is 7.50. The van der Waals surface area contributed by atoms with E-state index in [1.54, 1.807) is 6.33 Å². The van der Waals surface area contributed by atoms with Crippen molar-refractivity contribution in [3.05, 3.63) is 36.2 Å². The minimum atomic E-state index is 0.128. The average Bonchev–Trinajstić information content (AvgIpc) is 2.95. The van der Waals surface area contributed by atoms with Crippen molar-refractivity contribution >= 4 is 17.7 Å². The fraction of sp³-hybridized carbons (Fsp3) is 0.400. The molecule has 1 aromatic heterocycles. The maximum absolute atomic E-state index is 12.0. The number of carbonyl (C=O) groups excluding carboxylic acids is 1. The van der Waals surface area contributed by atoms with Crippen LogP contribution < -0.4 is 0 Å². The van der Waals surface area contributed by atoms with Crippen LogP contribution in [0.2, 0.25) is 0 Å². The van der Waals surface area contributed by atoms with Crippen LogP contribution in [0.25, 0.3) is 5.69 Å². The van der Waals surface area contributed by atoms with E-state index in [0.717, 1.165) is 23.9 Å². The minimum Gasteiger partial charge on any atom is -0.343 e. The molecule has 2 rings (SSSR count). The van der Waals surface area contributed by atoms with Gasteiger partial charge < -0.3 is 4.90 Å². The van der Waals surface area contributed by atoms with E-state index in [0.29, 0.717) is 5.75 Å². The molecule has 0 spiro atoms. The van der Waals surface area contributed by atoms with Crippen LogP contribution in [0.15, 0.2) is 35.7 Å². The Balaban J connectivity index is 2.07. The van der Waals surface area contributed by atoms with Gasteiger partial charge in [0.05, 0.1) is 5.75 Å². The van der Waals surface area contributed by atoms with Gasteiger partial charge in [0.15, 0.2) is 5.16 Å². The molecule has 21 heavy (non-hydrogen) atoms. The zero-order valence-corrected chi connectivity index (χ0v) is 13.4. The van der Waals surface area contributed by atoms with Crippen LogP contribution in [0.5, 0.6) is 0 Å². The van der Waals surface area contributed by atoms with Gasteiger partial charge in [-0.15, -0.1) is 10.2 Å². The number of nitrogens with zero attached hydrogens (tertiary/aromatic N) is 4. The second-order valence-corrected chi connectivity index (χ2v) is 5.62. The number of aromatic nitrogens is 3. The Morgan fingerprint density at radius 3 is 2.52 bits per heavy atom. The number of hydrogen-bond donors (Lipinski definition) is 0. The first-order valence-corrected chi connectivity index (χ1v) is 8.01. The van der Waals surface area contributed by atoms with Crippen molar-refractivity contribution in [2.45, 2.75) is 25.9 Å². The predicted octanol–water partition coefficient (Wildman–Crippen LogP) is 2.54. The molecule has 0 aliphatic carbocycles. The second kappa shape index (κ2) is 7.26. The molecule has 1 heterocycles. The van der Waals surface area contributed by atoms with Crippen molar-refractivity contribution in [1.82, 2.24) is 19.7 Å². The number of carbonyl (C=O) groups is 1. The number of aryl methyl sites for hydroxylation is 1. The topological polar surface area (TPSA) is 51.0 Å². The van der Waals surface area contributed by atoms with E-state index < -0.39 is 0 Å². The SMILES string of the molecule is CCN(CC)C(=O)CSc1nncn1-c1ccc(C)cc1. The molecule has 0 fully saturated rings. The van der Waals surface area contributed by atoms with Crippen LogP contribution in [0.1, 0.15) is 19.4 Å². The summed E-state index contributed by atoms with van der Waals surface area (Å²) in [5, 5.41) is 8.79. The monoisotopic (exact) mass is 304 g/mol. The molecule has 0 saturated heterocycles. The fourth-order valence-electron chi connectivity index (χ4n) is 2.00. The Kier molecular flexibility index (Phi) is 5.38. The third-order valence-corrected chi connectivity index (χ3v) is 4.20. The lowest BCUT2D eigenvalue weighted by molar-refractivity contribution is -0.127. The Morgan fingerprint density at radius 1 is 1.24 bits per heavy atom. The van der Waals surface area contributed by atoms with Crippen LogP contribution >= 0.6 is 11.8 Å². The lowest BCUT2D eigenvalue weighted by atomic mass is 10.2. The molecular weight excluding hydrogens is 284 g/mol. The van der Waals surface area contributed by atoms with Crippen LogP contribution in [-0.4, -0.2) is 44.4 Å². The average molecular weight is 304 g/mol. The molecule has 0 aliphatic rings. The molecule has 6 heteroatoms. The zero-order chi connectivity index (χ0) is 15.2. The molecule has 0 atom stereocenters. The second-order valence-electron chi connectivity index (χ2n) is 4.67. The van der Waals surface area contributed by atoms with Gasteiger partial charge in [-0.2, -0.15) is 0 Å². The number of rotatable bonds is 6. The van der Waals surface area contributed by atoms with Gasteiger partial charge in [-0.25, -0.2) is 0 Å². The number of hydrogen-bond acceptors (Lipinski definition) is 4.